The molecule has 0 saturated heterocycles. The fourth-order valence-electron chi connectivity index (χ4n) is 4.25. The van der Waals surface area contributed by atoms with Gasteiger partial charge in [-0.3, -0.25) is 4.68 Å². The van der Waals surface area contributed by atoms with Crippen molar-refractivity contribution in [3.05, 3.63) is 60.2 Å². The van der Waals surface area contributed by atoms with Crippen LogP contribution in [0.3, 0.4) is 0 Å². The maximum absolute atomic E-state index is 11.2. The lowest BCUT2D eigenvalue weighted by atomic mass is 9.98. The van der Waals surface area contributed by atoms with Gasteiger partial charge in [-0.1, -0.05) is 18.2 Å². The van der Waals surface area contributed by atoms with Gasteiger partial charge in [-0.2, -0.15) is 5.10 Å². The van der Waals surface area contributed by atoms with Gasteiger partial charge >= 0.3 is 5.97 Å². The lowest BCUT2D eigenvalue weighted by molar-refractivity contribution is -0.138. The number of carboxylic acids is 1. The Morgan fingerprint density at radius 3 is 2.69 bits per heavy atom. The van der Waals surface area contributed by atoms with Gasteiger partial charge in [0.1, 0.15) is 19.3 Å². The second kappa shape index (κ2) is 9.19. The zero-order valence-corrected chi connectivity index (χ0v) is 19.4. The van der Waals surface area contributed by atoms with E-state index >= 15 is 0 Å². The van der Waals surface area contributed by atoms with Crippen molar-refractivity contribution >= 4 is 34.1 Å². The molecule has 3 aromatic carbocycles. The molecular formula is C26H26N4O5. The summed E-state index contributed by atoms with van der Waals surface area (Å²) >= 11 is 0. The number of benzene rings is 3. The molecule has 0 aliphatic carbocycles. The lowest BCUT2D eigenvalue weighted by Crippen LogP contribution is -2.32. The molecule has 5 rings (SSSR count). The van der Waals surface area contributed by atoms with Crippen molar-refractivity contribution in [2.75, 3.05) is 30.5 Å². The van der Waals surface area contributed by atoms with Crippen molar-refractivity contribution in [1.82, 2.24) is 9.78 Å². The molecule has 2 heterocycles. The summed E-state index contributed by atoms with van der Waals surface area (Å²) in [5.41, 5.74) is 5.50. The Morgan fingerprint density at radius 1 is 1.11 bits per heavy atom. The van der Waals surface area contributed by atoms with Crippen LogP contribution < -0.4 is 20.1 Å². The topological polar surface area (TPSA) is 118 Å². The van der Waals surface area contributed by atoms with Crippen molar-refractivity contribution < 1.29 is 24.5 Å². The largest absolute Gasteiger partial charge is 0.486 e. The third kappa shape index (κ3) is 4.33. The number of anilines is 3. The van der Waals surface area contributed by atoms with Gasteiger partial charge in [0.25, 0.3) is 0 Å². The van der Waals surface area contributed by atoms with Crippen LogP contribution in [-0.4, -0.2) is 51.8 Å². The summed E-state index contributed by atoms with van der Waals surface area (Å²) < 4.78 is 13.1. The van der Waals surface area contributed by atoms with E-state index in [1.54, 1.807) is 10.7 Å². The molecule has 0 spiro atoms. The number of fused-ring (bicyclic) bond motifs is 2. The summed E-state index contributed by atoms with van der Waals surface area (Å²) in [4.78, 5) is 11.2. The number of nitrogens with one attached hydrogen (secondary N) is 2. The number of aryl methyl sites for hydroxylation is 1. The molecule has 4 N–H and O–H groups in total. The molecule has 0 saturated carbocycles. The van der Waals surface area contributed by atoms with Crippen molar-refractivity contribution in [1.29, 1.82) is 0 Å². The average Bonchev–Trinajstić information content (AvgIpc) is 3.17. The Balaban J connectivity index is 1.45. The van der Waals surface area contributed by atoms with Crippen LogP contribution in [0.25, 0.3) is 22.0 Å². The van der Waals surface area contributed by atoms with E-state index in [1.165, 1.54) is 0 Å². The van der Waals surface area contributed by atoms with Gasteiger partial charge in [-0.25, -0.2) is 4.79 Å². The molecule has 1 atom stereocenters. The number of aromatic nitrogens is 2. The molecule has 1 aliphatic rings. The van der Waals surface area contributed by atoms with Crippen LogP contribution in [0, 0.1) is 6.92 Å². The average molecular weight is 475 g/mol. The summed E-state index contributed by atoms with van der Waals surface area (Å²) in [7, 11) is 1.83. The smallest absolute Gasteiger partial charge is 0.328 e. The van der Waals surface area contributed by atoms with Gasteiger partial charge < -0.3 is 30.3 Å². The van der Waals surface area contributed by atoms with E-state index in [-0.39, 0.29) is 0 Å². The summed E-state index contributed by atoms with van der Waals surface area (Å²) in [5.74, 6) is 1.08. The molecule has 1 aromatic heterocycles. The maximum atomic E-state index is 11.2. The highest BCUT2D eigenvalue weighted by Gasteiger charge is 2.18. The maximum Gasteiger partial charge on any atom is 0.328 e. The zero-order chi connectivity index (χ0) is 24.5. The first-order valence-corrected chi connectivity index (χ1v) is 11.3. The molecular weight excluding hydrogens is 448 g/mol. The molecule has 4 aromatic rings. The van der Waals surface area contributed by atoms with E-state index in [1.807, 2.05) is 49.5 Å². The van der Waals surface area contributed by atoms with Gasteiger partial charge in [0.05, 0.1) is 12.1 Å². The first kappa shape index (κ1) is 22.5. The Kier molecular flexibility index (Phi) is 5.92. The van der Waals surface area contributed by atoms with Crippen molar-refractivity contribution in [2.45, 2.75) is 13.0 Å². The molecule has 35 heavy (non-hydrogen) atoms. The second-order valence-electron chi connectivity index (χ2n) is 8.38. The Morgan fingerprint density at radius 2 is 1.91 bits per heavy atom. The van der Waals surface area contributed by atoms with Crippen LogP contribution in [0.5, 0.6) is 11.5 Å². The first-order valence-electron chi connectivity index (χ1n) is 11.3. The number of carboxylic acid groups (broad SMARTS) is 1. The predicted octanol–water partition coefficient (Wildman–Crippen LogP) is 3.92. The number of hydrogen-bond donors (Lipinski definition) is 4. The normalized spacial score (nSPS) is 13.5. The molecule has 0 fully saturated rings. The molecule has 1 unspecified atom stereocenters. The highest BCUT2D eigenvalue weighted by Crippen LogP contribution is 2.38. The standard InChI is InChI=1S/C26H26N4O5/c1-15-18(16-6-9-23-24(12-16)35-11-10-34-23)4-3-5-20(15)28-25-19-8-7-17(13-22(19)30(2)29-25)27-21(14-31)26(32)33/h3-9,12-13,21,27,31H,10-11,14H2,1-2H3,(H,28,29)(H,32,33). The first-order chi connectivity index (χ1) is 16.9. The lowest BCUT2D eigenvalue weighted by Gasteiger charge is -2.19. The molecule has 0 radical (unpaired) electrons. The quantitative estimate of drug-likeness (QED) is 0.318. The fourth-order valence-corrected chi connectivity index (χ4v) is 4.25. The van der Waals surface area contributed by atoms with Crippen molar-refractivity contribution in [2.24, 2.45) is 7.05 Å². The number of rotatable bonds is 7. The third-order valence-electron chi connectivity index (χ3n) is 6.11. The SMILES string of the molecule is Cc1c(Nc2nn(C)c3cc(NC(CO)C(=O)O)ccc23)cccc1-c1ccc2c(c1)OCCO2. The van der Waals surface area contributed by atoms with E-state index < -0.39 is 18.6 Å². The van der Waals surface area contributed by atoms with Crippen LogP contribution in [0.15, 0.2) is 54.6 Å². The minimum absolute atomic E-state index is 0.509. The number of aliphatic carboxylic acids is 1. The van der Waals surface area contributed by atoms with E-state index in [9.17, 15) is 15.0 Å². The highest BCUT2D eigenvalue weighted by atomic mass is 16.6. The minimum atomic E-state index is -1.12. The minimum Gasteiger partial charge on any atom is -0.486 e. The summed E-state index contributed by atoms with van der Waals surface area (Å²) in [5, 5.41) is 30.3. The van der Waals surface area contributed by atoms with Crippen molar-refractivity contribution in [3.63, 3.8) is 0 Å². The van der Waals surface area contributed by atoms with Gasteiger partial charge in [-0.15, -0.1) is 0 Å². The number of carbonyl (C=O) groups is 1. The molecule has 180 valence electrons. The van der Waals surface area contributed by atoms with Gasteiger partial charge in [0, 0.05) is 23.8 Å². The number of hydrogen-bond acceptors (Lipinski definition) is 7. The summed E-state index contributed by atoms with van der Waals surface area (Å²) in [6, 6.07) is 16.4. The van der Waals surface area contributed by atoms with Gasteiger partial charge in [0.15, 0.2) is 17.3 Å². The van der Waals surface area contributed by atoms with E-state index in [0.717, 1.165) is 44.8 Å². The second-order valence-corrected chi connectivity index (χ2v) is 8.38. The van der Waals surface area contributed by atoms with Crippen LogP contribution in [0.2, 0.25) is 0 Å². The number of ether oxygens (including phenoxy) is 2. The Bertz CT molecular complexity index is 1410. The molecule has 9 nitrogen and oxygen atoms in total. The van der Waals surface area contributed by atoms with Crippen LogP contribution >= 0.6 is 0 Å². The molecule has 1 aliphatic heterocycles. The molecule has 0 amide bonds. The summed E-state index contributed by atoms with van der Waals surface area (Å²) in [6.45, 7) is 2.65. The van der Waals surface area contributed by atoms with Crippen LogP contribution in [0.4, 0.5) is 17.2 Å². The van der Waals surface area contributed by atoms with E-state index in [2.05, 4.69) is 28.7 Å². The van der Waals surface area contributed by atoms with Crippen LogP contribution in [-0.2, 0) is 11.8 Å². The fraction of sp³-hybridized carbons (Fsp3) is 0.231. The number of nitrogens with zero attached hydrogens (tertiary/aromatic N) is 2. The number of aliphatic hydroxyl groups is 1. The van der Waals surface area contributed by atoms with E-state index in [4.69, 9.17) is 9.47 Å². The third-order valence-corrected chi connectivity index (χ3v) is 6.11. The number of aliphatic hydroxyl groups excluding tert-OH is 1. The Hall–Kier alpha value is -4.24. The summed E-state index contributed by atoms with van der Waals surface area (Å²) in [6.07, 6.45) is 0. The molecule has 9 heteroatoms. The predicted molar refractivity (Wildman–Crippen MR) is 134 cm³/mol. The van der Waals surface area contributed by atoms with Crippen molar-refractivity contribution in [3.8, 4) is 22.6 Å². The van der Waals surface area contributed by atoms with Gasteiger partial charge in [-0.05, 0) is 60.0 Å². The highest BCUT2D eigenvalue weighted by molar-refractivity contribution is 5.95. The van der Waals surface area contributed by atoms with Gasteiger partial charge in [0.2, 0.25) is 0 Å². The van der Waals surface area contributed by atoms with Crippen LogP contribution in [0.1, 0.15) is 5.56 Å². The Labute approximate surface area is 201 Å². The van der Waals surface area contributed by atoms with E-state index in [0.29, 0.717) is 24.7 Å². The monoisotopic (exact) mass is 474 g/mol. The zero-order valence-electron chi connectivity index (χ0n) is 19.4. The molecule has 0 bridgehead atoms.